The lowest BCUT2D eigenvalue weighted by atomic mass is 10.1. The fourth-order valence-electron chi connectivity index (χ4n) is 1.95. The molecule has 1 aliphatic rings. The maximum Gasteiger partial charge on any atom is 0.253 e. The third-order valence-corrected chi connectivity index (χ3v) is 2.93. The molecule has 2 rings (SSSR count). The van der Waals surface area contributed by atoms with Crippen LogP contribution in [0.5, 0.6) is 0 Å². The van der Waals surface area contributed by atoms with E-state index >= 15 is 0 Å². The molecule has 1 amide bonds. The van der Waals surface area contributed by atoms with Crippen molar-refractivity contribution in [3.63, 3.8) is 0 Å². The number of nitrogens with zero attached hydrogens (tertiary/aromatic N) is 1. The van der Waals surface area contributed by atoms with Gasteiger partial charge in [0.1, 0.15) is 0 Å². The van der Waals surface area contributed by atoms with Crippen molar-refractivity contribution in [2.75, 3.05) is 13.1 Å². The number of hydrogen-bond donors (Lipinski definition) is 0. The number of carbonyl (C=O) groups excluding carboxylic acids is 2. The third kappa shape index (κ3) is 2.13. The van der Waals surface area contributed by atoms with Gasteiger partial charge in [-0.25, -0.2) is 0 Å². The molecule has 1 fully saturated rings. The average molecular weight is 217 g/mol. The van der Waals surface area contributed by atoms with E-state index in [1.165, 1.54) is 6.92 Å². The fraction of sp³-hybridized carbons (Fsp3) is 0.385. The van der Waals surface area contributed by atoms with Gasteiger partial charge in [0, 0.05) is 24.2 Å². The molecule has 0 spiro atoms. The first-order chi connectivity index (χ1) is 7.68. The van der Waals surface area contributed by atoms with Gasteiger partial charge in [-0.05, 0) is 31.9 Å². The van der Waals surface area contributed by atoms with Crippen LogP contribution in [0.3, 0.4) is 0 Å². The van der Waals surface area contributed by atoms with Crippen LogP contribution in [0, 0.1) is 0 Å². The van der Waals surface area contributed by atoms with E-state index < -0.39 is 0 Å². The number of rotatable bonds is 2. The van der Waals surface area contributed by atoms with Crippen molar-refractivity contribution in [1.82, 2.24) is 4.90 Å². The summed E-state index contributed by atoms with van der Waals surface area (Å²) in [4.78, 5) is 24.9. The second-order valence-corrected chi connectivity index (χ2v) is 4.13. The molecule has 1 saturated heterocycles. The van der Waals surface area contributed by atoms with Crippen molar-refractivity contribution in [2.24, 2.45) is 0 Å². The van der Waals surface area contributed by atoms with E-state index in [-0.39, 0.29) is 11.7 Å². The molecule has 1 aromatic rings. The lowest BCUT2D eigenvalue weighted by Crippen LogP contribution is -2.27. The van der Waals surface area contributed by atoms with Crippen molar-refractivity contribution < 1.29 is 9.59 Å². The van der Waals surface area contributed by atoms with E-state index in [0.29, 0.717) is 11.1 Å². The Morgan fingerprint density at radius 3 is 2.00 bits per heavy atom. The molecule has 1 heterocycles. The topological polar surface area (TPSA) is 37.4 Å². The van der Waals surface area contributed by atoms with E-state index in [1.54, 1.807) is 24.3 Å². The number of hydrogen-bond acceptors (Lipinski definition) is 2. The van der Waals surface area contributed by atoms with Gasteiger partial charge >= 0.3 is 0 Å². The van der Waals surface area contributed by atoms with Crippen LogP contribution in [0.4, 0.5) is 0 Å². The Morgan fingerprint density at radius 2 is 1.50 bits per heavy atom. The third-order valence-electron chi connectivity index (χ3n) is 2.93. The first kappa shape index (κ1) is 10.9. The predicted molar refractivity (Wildman–Crippen MR) is 61.6 cm³/mol. The Hall–Kier alpha value is -1.64. The highest BCUT2D eigenvalue weighted by atomic mass is 16.2. The molecule has 0 unspecified atom stereocenters. The molecule has 0 N–H and O–H groups in total. The molecule has 3 nitrogen and oxygen atoms in total. The summed E-state index contributed by atoms with van der Waals surface area (Å²) in [6.45, 7) is 3.23. The Kier molecular flexibility index (Phi) is 3.04. The second-order valence-electron chi connectivity index (χ2n) is 4.13. The van der Waals surface area contributed by atoms with E-state index in [9.17, 15) is 9.59 Å². The molecule has 0 saturated carbocycles. The maximum absolute atomic E-state index is 12.0. The second kappa shape index (κ2) is 4.47. The standard InChI is InChI=1S/C13H15NO2/c1-10(15)11-4-6-12(7-5-11)13(16)14-8-2-3-9-14/h4-7H,2-3,8-9H2,1H3. The summed E-state index contributed by atoms with van der Waals surface area (Å²) in [6, 6.07) is 6.89. The van der Waals surface area contributed by atoms with Crippen molar-refractivity contribution in [3.05, 3.63) is 35.4 Å². The smallest absolute Gasteiger partial charge is 0.253 e. The molecule has 0 atom stereocenters. The molecule has 84 valence electrons. The molecule has 0 aromatic heterocycles. The van der Waals surface area contributed by atoms with Gasteiger partial charge in [-0.3, -0.25) is 9.59 Å². The Morgan fingerprint density at radius 1 is 1.00 bits per heavy atom. The van der Waals surface area contributed by atoms with E-state index in [1.807, 2.05) is 4.90 Å². The van der Waals surface area contributed by atoms with Crippen molar-refractivity contribution in [3.8, 4) is 0 Å². The van der Waals surface area contributed by atoms with Gasteiger partial charge in [0.05, 0.1) is 0 Å². The van der Waals surface area contributed by atoms with Gasteiger partial charge in [-0.1, -0.05) is 12.1 Å². The number of ketones is 1. The molecule has 0 radical (unpaired) electrons. The van der Waals surface area contributed by atoms with Crippen LogP contribution < -0.4 is 0 Å². The summed E-state index contributed by atoms with van der Waals surface area (Å²) in [5.41, 5.74) is 1.32. The Balaban J connectivity index is 2.14. The Bertz CT molecular complexity index is 402. The molecular weight excluding hydrogens is 202 g/mol. The summed E-state index contributed by atoms with van der Waals surface area (Å²) < 4.78 is 0. The average Bonchev–Trinajstić information content (AvgIpc) is 2.81. The number of Topliss-reactive ketones (excluding diaryl/α,β-unsaturated/α-hetero) is 1. The number of benzene rings is 1. The van der Waals surface area contributed by atoms with Gasteiger partial charge in [0.25, 0.3) is 5.91 Å². The number of amides is 1. The molecule has 1 aromatic carbocycles. The summed E-state index contributed by atoms with van der Waals surface area (Å²) in [6.07, 6.45) is 2.19. The Labute approximate surface area is 95.1 Å². The lowest BCUT2D eigenvalue weighted by molar-refractivity contribution is 0.0792. The number of carbonyl (C=O) groups is 2. The predicted octanol–water partition coefficient (Wildman–Crippen LogP) is 2.13. The highest BCUT2D eigenvalue weighted by molar-refractivity contribution is 5.97. The quantitative estimate of drug-likeness (QED) is 0.712. The fourth-order valence-corrected chi connectivity index (χ4v) is 1.95. The van der Waals surface area contributed by atoms with Gasteiger partial charge in [0.15, 0.2) is 5.78 Å². The van der Waals surface area contributed by atoms with E-state index in [4.69, 9.17) is 0 Å². The minimum atomic E-state index is 0.0279. The van der Waals surface area contributed by atoms with Gasteiger partial charge in [-0.2, -0.15) is 0 Å². The first-order valence-corrected chi connectivity index (χ1v) is 5.59. The summed E-state index contributed by atoms with van der Waals surface area (Å²) in [7, 11) is 0. The largest absolute Gasteiger partial charge is 0.339 e. The van der Waals surface area contributed by atoms with Crippen LogP contribution in [0.15, 0.2) is 24.3 Å². The van der Waals surface area contributed by atoms with Crippen LogP contribution in [-0.4, -0.2) is 29.7 Å². The monoisotopic (exact) mass is 217 g/mol. The van der Waals surface area contributed by atoms with Crippen LogP contribution in [0.2, 0.25) is 0 Å². The SMILES string of the molecule is CC(=O)c1ccc(C(=O)N2CCCC2)cc1. The normalized spacial score (nSPS) is 15.2. The van der Waals surface area contributed by atoms with Crippen LogP contribution in [0.25, 0.3) is 0 Å². The zero-order valence-corrected chi connectivity index (χ0v) is 9.40. The zero-order valence-electron chi connectivity index (χ0n) is 9.40. The van der Waals surface area contributed by atoms with E-state index in [0.717, 1.165) is 25.9 Å². The van der Waals surface area contributed by atoms with Crippen molar-refractivity contribution in [1.29, 1.82) is 0 Å². The molecule has 0 aliphatic carbocycles. The van der Waals surface area contributed by atoms with Crippen LogP contribution in [-0.2, 0) is 0 Å². The molecule has 16 heavy (non-hydrogen) atoms. The molecule has 1 aliphatic heterocycles. The summed E-state index contributed by atoms with van der Waals surface area (Å²) in [5.74, 6) is 0.104. The molecular formula is C13H15NO2. The van der Waals surface area contributed by atoms with Gasteiger partial charge < -0.3 is 4.90 Å². The first-order valence-electron chi connectivity index (χ1n) is 5.59. The maximum atomic E-state index is 12.0. The van der Waals surface area contributed by atoms with Gasteiger partial charge in [-0.15, -0.1) is 0 Å². The highest BCUT2D eigenvalue weighted by Crippen LogP contribution is 2.13. The zero-order chi connectivity index (χ0) is 11.5. The molecule has 0 bridgehead atoms. The number of likely N-dealkylation sites (tertiary alicyclic amines) is 1. The van der Waals surface area contributed by atoms with Crippen molar-refractivity contribution in [2.45, 2.75) is 19.8 Å². The van der Waals surface area contributed by atoms with Crippen LogP contribution >= 0.6 is 0 Å². The van der Waals surface area contributed by atoms with Gasteiger partial charge in [0.2, 0.25) is 0 Å². The summed E-state index contributed by atoms with van der Waals surface area (Å²) >= 11 is 0. The summed E-state index contributed by atoms with van der Waals surface area (Å²) in [5, 5.41) is 0. The minimum absolute atomic E-state index is 0.0279. The van der Waals surface area contributed by atoms with Crippen LogP contribution in [0.1, 0.15) is 40.5 Å². The lowest BCUT2D eigenvalue weighted by Gasteiger charge is -2.15. The highest BCUT2D eigenvalue weighted by Gasteiger charge is 2.19. The molecule has 3 heteroatoms. The van der Waals surface area contributed by atoms with E-state index in [2.05, 4.69) is 0 Å². The van der Waals surface area contributed by atoms with Crippen molar-refractivity contribution >= 4 is 11.7 Å². The minimum Gasteiger partial charge on any atom is -0.339 e.